The number of benzene rings is 1. The minimum absolute atomic E-state index is 0.00449. The summed E-state index contributed by atoms with van der Waals surface area (Å²) in [7, 11) is 0. The molecule has 0 aliphatic heterocycles. The standard InChI is InChI=1S/C9H6BrN3O3/c10-3-9(14)6-1-5(4-11)8(13(15)16)2-7(6)12/h1-2H,3,12H2. The summed E-state index contributed by atoms with van der Waals surface area (Å²) in [6.45, 7) is 0. The van der Waals surface area contributed by atoms with Gasteiger partial charge in [0.1, 0.15) is 11.6 Å². The number of nitrogens with two attached hydrogens (primary N) is 1. The van der Waals surface area contributed by atoms with E-state index in [0.29, 0.717) is 0 Å². The Morgan fingerprint density at radius 1 is 1.62 bits per heavy atom. The highest BCUT2D eigenvalue weighted by Gasteiger charge is 2.19. The molecule has 0 amide bonds. The first-order valence-electron chi connectivity index (χ1n) is 4.08. The number of nitro benzene ring substituents is 1. The van der Waals surface area contributed by atoms with Crippen molar-refractivity contribution in [3.8, 4) is 6.07 Å². The molecule has 1 aromatic carbocycles. The second kappa shape index (κ2) is 4.72. The molecular weight excluding hydrogens is 278 g/mol. The van der Waals surface area contributed by atoms with Gasteiger partial charge in [-0.15, -0.1) is 0 Å². The van der Waals surface area contributed by atoms with Crippen LogP contribution in [0.4, 0.5) is 11.4 Å². The van der Waals surface area contributed by atoms with Crippen LogP contribution in [0.15, 0.2) is 12.1 Å². The largest absolute Gasteiger partial charge is 0.398 e. The molecule has 0 fully saturated rings. The highest BCUT2D eigenvalue weighted by atomic mass is 79.9. The van der Waals surface area contributed by atoms with E-state index in [9.17, 15) is 14.9 Å². The first-order chi connectivity index (χ1) is 7.51. The van der Waals surface area contributed by atoms with Crippen molar-refractivity contribution in [2.24, 2.45) is 0 Å². The second-order valence-electron chi connectivity index (χ2n) is 2.88. The number of carbonyl (C=O) groups is 1. The Hall–Kier alpha value is -1.94. The van der Waals surface area contributed by atoms with Crippen LogP contribution in [-0.2, 0) is 0 Å². The number of nitrogens with zero attached hydrogens (tertiary/aromatic N) is 2. The fraction of sp³-hybridized carbons (Fsp3) is 0.111. The zero-order valence-electron chi connectivity index (χ0n) is 7.94. The molecule has 0 bridgehead atoms. The van der Waals surface area contributed by atoms with Crippen LogP contribution in [-0.4, -0.2) is 16.0 Å². The lowest BCUT2D eigenvalue weighted by Gasteiger charge is -2.03. The monoisotopic (exact) mass is 283 g/mol. The summed E-state index contributed by atoms with van der Waals surface area (Å²) >= 11 is 2.96. The maximum Gasteiger partial charge on any atom is 0.289 e. The van der Waals surface area contributed by atoms with Crippen molar-refractivity contribution in [2.75, 3.05) is 11.1 Å². The summed E-state index contributed by atoms with van der Waals surface area (Å²) in [6.07, 6.45) is 0. The Kier molecular flexibility index (Phi) is 3.58. The number of nitrogen functional groups attached to an aromatic ring is 1. The first-order valence-corrected chi connectivity index (χ1v) is 5.20. The van der Waals surface area contributed by atoms with E-state index in [1.54, 1.807) is 6.07 Å². The van der Waals surface area contributed by atoms with Crippen molar-refractivity contribution in [3.63, 3.8) is 0 Å². The molecular formula is C9H6BrN3O3. The summed E-state index contributed by atoms with van der Waals surface area (Å²) < 4.78 is 0. The number of nitro groups is 1. The van der Waals surface area contributed by atoms with Gasteiger partial charge in [0.05, 0.1) is 10.3 Å². The Bertz CT molecular complexity index is 507. The maximum atomic E-state index is 11.4. The molecule has 82 valence electrons. The van der Waals surface area contributed by atoms with E-state index >= 15 is 0 Å². The number of hydrogen-bond acceptors (Lipinski definition) is 5. The van der Waals surface area contributed by atoms with Crippen molar-refractivity contribution in [2.45, 2.75) is 0 Å². The molecule has 0 saturated heterocycles. The van der Waals surface area contributed by atoms with Crippen LogP contribution in [0.3, 0.4) is 0 Å². The summed E-state index contributed by atoms with van der Waals surface area (Å²) in [5.41, 5.74) is 5.04. The topological polar surface area (TPSA) is 110 Å². The van der Waals surface area contributed by atoms with Crippen LogP contribution in [0.5, 0.6) is 0 Å². The first kappa shape index (κ1) is 12.1. The zero-order valence-corrected chi connectivity index (χ0v) is 9.52. The van der Waals surface area contributed by atoms with Gasteiger partial charge in [-0.05, 0) is 6.07 Å². The van der Waals surface area contributed by atoms with E-state index in [-0.39, 0.29) is 27.9 Å². The molecule has 7 heteroatoms. The Morgan fingerprint density at radius 2 is 2.25 bits per heavy atom. The number of anilines is 1. The third-order valence-electron chi connectivity index (χ3n) is 1.91. The SMILES string of the molecule is N#Cc1cc(C(=O)CBr)c(N)cc1[N+](=O)[O-]. The third kappa shape index (κ3) is 2.17. The van der Waals surface area contributed by atoms with Gasteiger partial charge in [0, 0.05) is 17.3 Å². The molecule has 0 heterocycles. The number of carbonyl (C=O) groups excluding carboxylic acids is 1. The number of rotatable bonds is 3. The average molecular weight is 284 g/mol. The molecule has 0 aromatic heterocycles. The summed E-state index contributed by atoms with van der Waals surface area (Å²) in [4.78, 5) is 21.3. The van der Waals surface area contributed by atoms with E-state index in [1.165, 1.54) is 0 Å². The molecule has 0 aliphatic rings. The quantitative estimate of drug-likeness (QED) is 0.298. The lowest BCUT2D eigenvalue weighted by Crippen LogP contribution is -2.07. The van der Waals surface area contributed by atoms with Crippen molar-refractivity contribution in [1.82, 2.24) is 0 Å². The van der Waals surface area contributed by atoms with Gasteiger partial charge in [0.15, 0.2) is 5.78 Å². The minimum Gasteiger partial charge on any atom is -0.398 e. The number of ketones is 1. The molecule has 0 aliphatic carbocycles. The molecule has 0 unspecified atom stereocenters. The van der Waals surface area contributed by atoms with Gasteiger partial charge >= 0.3 is 0 Å². The fourth-order valence-corrected chi connectivity index (χ4v) is 1.46. The van der Waals surface area contributed by atoms with E-state index in [0.717, 1.165) is 12.1 Å². The van der Waals surface area contributed by atoms with E-state index in [1.807, 2.05) is 0 Å². The Labute approximate surface area is 98.9 Å². The molecule has 6 nitrogen and oxygen atoms in total. The van der Waals surface area contributed by atoms with Gasteiger partial charge in [-0.1, -0.05) is 15.9 Å². The average Bonchev–Trinajstić information content (AvgIpc) is 2.27. The molecule has 16 heavy (non-hydrogen) atoms. The predicted molar refractivity (Wildman–Crippen MR) is 60.3 cm³/mol. The maximum absolute atomic E-state index is 11.4. The predicted octanol–water partition coefficient (Wildman–Crippen LogP) is 1.63. The van der Waals surface area contributed by atoms with Crippen molar-refractivity contribution < 1.29 is 9.72 Å². The van der Waals surface area contributed by atoms with Gasteiger partial charge in [-0.3, -0.25) is 14.9 Å². The summed E-state index contributed by atoms with van der Waals surface area (Å²) in [5.74, 6) is -0.330. The minimum atomic E-state index is -0.711. The number of hydrogen-bond donors (Lipinski definition) is 1. The Balaban J connectivity index is 3.44. The molecule has 1 rings (SSSR count). The zero-order chi connectivity index (χ0) is 12.3. The lowest BCUT2D eigenvalue weighted by molar-refractivity contribution is -0.385. The Morgan fingerprint density at radius 3 is 2.69 bits per heavy atom. The summed E-state index contributed by atoms with van der Waals surface area (Å²) in [6, 6.07) is 3.82. The van der Waals surface area contributed by atoms with Crippen LogP contribution in [0.1, 0.15) is 15.9 Å². The number of alkyl halides is 1. The fourth-order valence-electron chi connectivity index (χ4n) is 1.16. The molecule has 0 atom stereocenters. The van der Waals surface area contributed by atoms with Crippen LogP contribution < -0.4 is 5.73 Å². The highest BCUT2D eigenvalue weighted by Crippen LogP contribution is 2.25. The molecule has 0 spiro atoms. The highest BCUT2D eigenvalue weighted by molar-refractivity contribution is 9.09. The van der Waals surface area contributed by atoms with E-state index in [4.69, 9.17) is 11.0 Å². The van der Waals surface area contributed by atoms with Crippen LogP contribution >= 0.6 is 15.9 Å². The van der Waals surface area contributed by atoms with Gasteiger partial charge in [0.2, 0.25) is 0 Å². The van der Waals surface area contributed by atoms with Crippen molar-refractivity contribution >= 4 is 33.1 Å². The third-order valence-corrected chi connectivity index (χ3v) is 2.42. The summed E-state index contributed by atoms with van der Waals surface area (Å²) in [5, 5.41) is 19.3. The van der Waals surface area contributed by atoms with Crippen molar-refractivity contribution in [3.05, 3.63) is 33.4 Å². The smallest absolute Gasteiger partial charge is 0.289 e. The van der Waals surface area contributed by atoms with Gasteiger partial charge in [-0.2, -0.15) is 5.26 Å². The second-order valence-corrected chi connectivity index (χ2v) is 3.44. The molecule has 2 N–H and O–H groups in total. The van der Waals surface area contributed by atoms with E-state index in [2.05, 4.69) is 15.9 Å². The van der Waals surface area contributed by atoms with E-state index < -0.39 is 10.6 Å². The molecule has 1 aromatic rings. The van der Waals surface area contributed by atoms with Crippen LogP contribution in [0, 0.1) is 21.4 Å². The van der Waals surface area contributed by atoms with Gasteiger partial charge < -0.3 is 5.73 Å². The van der Waals surface area contributed by atoms with Gasteiger partial charge in [0.25, 0.3) is 5.69 Å². The molecule has 0 radical (unpaired) electrons. The lowest BCUT2D eigenvalue weighted by atomic mass is 10.0. The normalized spacial score (nSPS) is 9.50. The number of halogens is 1. The number of Topliss-reactive ketones (excluding diaryl/α,β-unsaturated/α-hetero) is 1. The van der Waals surface area contributed by atoms with Crippen LogP contribution in [0.25, 0.3) is 0 Å². The van der Waals surface area contributed by atoms with Crippen LogP contribution in [0.2, 0.25) is 0 Å². The molecule has 0 saturated carbocycles. The van der Waals surface area contributed by atoms with Crippen molar-refractivity contribution in [1.29, 1.82) is 5.26 Å². The number of nitriles is 1. The van der Waals surface area contributed by atoms with Gasteiger partial charge in [-0.25, -0.2) is 0 Å².